The molecule has 0 amide bonds. The maximum absolute atomic E-state index is 13.4. The Morgan fingerprint density at radius 1 is 1.17 bits per heavy atom. The zero-order chi connectivity index (χ0) is 13.1. The van der Waals surface area contributed by atoms with Gasteiger partial charge in [-0.1, -0.05) is 42.0 Å². The van der Waals surface area contributed by atoms with E-state index >= 15 is 0 Å². The summed E-state index contributed by atoms with van der Waals surface area (Å²) in [6, 6.07) is 12.7. The van der Waals surface area contributed by atoms with Crippen molar-refractivity contribution >= 4 is 15.9 Å². The van der Waals surface area contributed by atoms with E-state index in [1.54, 1.807) is 12.1 Å². The molecule has 2 aromatic carbocycles. The molecule has 0 bridgehead atoms. The number of aryl methyl sites for hydroxylation is 1. The lowest BCUT2D eigenvalue weighted by Crippen LogP contribution is -2.03. The highest BCUT2D eigenvalue weighted by Crippen LogP contribution is 2.28. The van der Waals surface area contributed by atoms with Crippen molar-refractivity contribution < 1.29 is 9.50 Å². The minimum atomic E-state index is -0.710. The Kier molecular flexibility index (Phi) is 4.15. The summed E-state index contributed by atoms with van der Waals surface area (Å²) in [5.74, 6) is -0.351. The van der Waals surface area contributed by atoms with Gasteiger partial charge in [-0.15, -0.1) is 0 Å². The van der Waals surface area contributed by atoms with E-state index < -0.39 is 6.10 Å². The number of benzene rings is 2. The molecule has 1 N–H and O–H groups in total. The summed E-state index contributed by atoms with van der Waals surface area (Å²) in [6.07, 6.45) is -0.236. The molecule has 0 aromatic heterocycles. The van der Waals surface area contributed by atoms with Crippen LogP contribution < -0.4 is 0 Å². The van der Waals surface area contributed by atoms with Crippen molar-refractivity contribution in [3.63, 3.8) is 0 Å². The van der Waals surface area contributed by atoms with Gasteiger partial charge in [0.25, 0.3) is 0 Å². The van der Waals surface area contributed by atoms with E-state index in [-0.39, 0.29) is 5.82 Å². The normalized spacial score (nSPS) is 12.4. The molecule has 2 aromatic rings. The summed E-state index contributed by atoms with van der Waals surface area (Å²) < 4.78 is 13.7. The van der Waals surface area contributed by atoms with E-state index in [1.807, 2.05) is 31.2 Å². The highest BCUT2D eigenvalue weighted by molar-refractivity contribution is 9.10. The standard InChI is InChI=1S/C15H14BrFO/c1-10-5-7-11(8-6-10)9-14(18)12-3-2-4-13(17)15(12)16/h2-8,14,18H,9H2,1H3. The van der Waals surface area contributed by atoms with Crippen LogP contribution in [0, 0.1) is 12.7 Å². The Morgan fingerprint density at radius 2 is 1.83 bits per heavy atom. The van der Waals surface area contributed by atoms with Crippen molar-refractivity contribution in [2.45, 2.75) is 19.4 Å². The molecule has 1 unspecified atom stereocenters. The lowest BCUT2D eigenvalue weighted by molar-refractivity contribution is 0.177. The van der Waals surface area contributed by atoms with Crippen molar-refractivity contribution in [1.29, 1.82) is 0 Å². The Bertz CT molecular complexity index is 537. The van der Waals surface area contributed by atoms with Crippen LogP contribution in [0.3, 0.4) is 0 Å². The third kappa shape index (κ3) is 2.98. The summed E-state index contributed by atoms with van der Waals surface area (Å²) in [5, 5.41) is 10.2. The fourth-order valence-corrected chi connectivity index (χ4v) is 2.36. The van der Waals surface area contributed by atoms with Gasteiger partial charge < -0.3 is 5.11 Å². The molecule has 0 fully saturated rings. The molecule has 0 saturated heterocycles. The maximum Gasteiger partial charge on any atom is 0.137 e. The molecule has 0 spiro atoms. The van der Waals surface area contributed by atoms with Gasteiger partial charge in [-0.25, -0.2) is 4.39 Å². The van der Waals surface area contributed by atoms with Crippen LogP contribution in [-0.2, 0) is 6.42 Å². The van der Waals surface area contributed by atoms with E-state index in [0.29, 0.717) is 16.5 Å². The molecule has 3 heteroatoms. The Balaban J connectivity index is 2.19. The number of hydrogen-bond donors (Lipinski definition) is 1. The molecular weight excluding hydrogens is 295 g/mol. The van der Waals surface area contributed by atoms with E-state index in [4.69, 9.17) is 0 Å². The minimum Gasteiger partial charge on any atom is -0.388 e. The first-order valence-electron chi connectivity index (χ1n) is 5.75. The van der Waals surface area contributed by atoms with Crippen LogP contribution in [0.5, 0.6) is 0 Å². The second kappa shape index (κ2) is 5.63. The number of halogens is 2. The quantitative estimate of drug-likeness (QED) is 0.902. The van der Waals surface area contributed by atoms with Crippen molar-refractivity contribution in [3.8, 4) is 0 Å². The third-order valence-electron chi connectivity index (χ3n) is 2.89. The van der Waals surface area contributed by atoms with Gasteiger partial charge in [0, 0.05) is 6.42 Å². The average molecular weight is 309 g/mol. The fraction of sp³-hybridized carbons (Fsp3) is 0.200. The summed E-state index contributed by atoms with van der Waals surface area (Å²) in [4.78, 5) is 0. The molecule has 1 nitrogen and oxygen atoms in total. The number of aliphatic hydroxyl groups is 1. The maximum atomic E-state index is 13.4. The molecule has 2 rings (SSSR count). The fourth-order valence-electron chi connectivity index (χ4n) is 1.84. The average Bonchev–Trinajstić information content (AvgIpc) is 2.35. The smallest absolute Gasteiger partial charge is 0.137 e. The molecule has 0 saturated carbocycles. The lowest BCUT2D eigenvalue weighted by Gasteiger charge is -2.13. The number of hydrogen-bond acceptors (Lipinski definition) is 1. The first-order chi connectivity index (χ1) is 8.58. The Labute approximate surface area is 114 Å². The highest BCUT2D eigenvalue weighted by atomic mass is 79.9. The van der Waals surface area contributed by atoms with Crippen LogP contribution in [0.25, 0.3) is 0 Å². The molecule has 0 aliphatic heterocycles. The van der Waals surface area contributed by atoms with Gasteiger partial charge in [0.15, 0.2) is 0 Å². The predicted octanol–water partition coefficient (Wildman–Crippen LogP) is 4.17. The van der Waals surface area contributed by atoms with E-state index in [0.717, 1.165) is 5.56 Å². The molecule has 0 aliphatic rings. The Morgan fingerprint density at radius 3 is 2.50 bits per heavy atom. The van der Waals surface area contributed by atoms with Crippen molar-refractivity contribution in [1.82, 2.24) is 0 Å². The molecule has 18 heavy (non-hydrogen) atoms. The van der Waals surface area contributed by atoms with E-state index in [2.05, 4.69) is 15.9 Å². The monoisotopic (exact) mass is 308 g/mol. The van der Waals surface area contributed by atoms with Gasteiger partial charge in [-0.05, 0) is 40.0 Å². The predicted molar refractivity (Wildman–Crippen MR) is 73.9 cm³/mol. The molecular formula is C15H14BrFO. The second-order valence-corrected chi connectivity index (χ2v) is 5.14. The van der Waals surface area contributed by atoms with Crippen LogP contribution in [0.2, 0.25) is 0 Å². The second-order valence-electron chi connectivity index (χ2n) is 4.35. The zero-order valence-corrected chi connectivity index (χ0v) is 11.6. The van der Waals surface area contributed by atoms with Crippen LogP contribution in [-0.4, -0.2) is 5.11 Å². The summed E-state index contributed by atoms with van der Waals surface area (Å²) in [6.45, 7) is 2.02. The van der Waals surface area contributed by atoms with Crippen LogP contribution in [0.1, 0.15) is 22.8 Å². The van der Waals surface area contributed by atoms with E-state index in [1.165, 1.54) is 11.6 Å². The van der Waals surface area contributed by atoms with Gasteiger partial charge in [-0.2, -0.15) is 0 Å². The van der Waals surface area contributed by atoms with Crippen molar-refractivity contribution in [2.24, 2.45) is 0 Å². The molecule has 1 atom stereocenters. The largest absolute Gasteiger partial charge is 0.388 e. The van der Waals surface area contributed by atoms with Crippen LogP contribution >= 0.6 is 15.9 Å². The molecule has 0 radical (unpaired) electrons. The minimum absolute atomic E-state index is 0.338. The van der Waals surface area contributed by atoms with Crippen molar-refractivity contribution in [3.05, 3.63) is 69.4 Å². The summed E-state index contributed by atoms with van der Waals surface area (Å²) in [7, 11) is 0. The lowest BCUT2D eigenvalue weighted by atomic mass is 10.0. The van der Waals surface area contributed by atoms with Crippen LogP contribution in [0.15, 0.2) is 46.9 Å². The SMILES string of the molecule is Cc1ccc(CC(O)c2cccc(F)c2Br)cc1. The van der Waals surface area contributed by atoms with Crippen molar-refractivity contribution in [2.75, 3.05) is 0 Å². The third-order valence-corrected chi connectivity index (χ3v) is 3.73. The van der Waals surface area contributed by atoms with Gasteiger partial charge in [-0.3, -0.25) is 0 Å². The molecule has 0 aliphatic carbocycles. The first kappa shape index (κ1) is 13.2. The van der Waals surface area contributed by atoms with Gasteiger partial charge >= 0.3 is 0 Å². The molecule has 94 valence electrons. The highest BCUT2D eigenvalue weighted by Gasteiger charge is 2.14. The number of rotatable bonds is 3. The summed E-state index contributed by atoms with van der Waals surface area (Å²) >= 11 is 3.17. The molecule has 0 heterocycles. The van der Waals surface area contributed by atoms with Gasteiger partial charge in [0.2, 0.25) is 0 Å². The van der Waals surface area contributed by atoms with Gasteiger partial charge in [0.05, 0.1) is 10.6 Å². The summed E-state index contributed by atoms with van der Waals surface area (Å²) in [5.41, 5.74) is 2.79. The first-order valence-corrected chi connectivity index (χ1v) is 6.55. The number of aliphatic hydroxyl groups excluding tert-OH is 1. The zero-order valence-electron chi connectivity index (χ0n) is 10.0. The van der Waals surface area contributed by atoms with Crippen LogP contribution in [0.4, 0.5) is 4.39 Å². The van der Waals surface area contributed by atoms with E-state index in [9.17, 15) is 9.50 Å². The topological polar surface area (TPSA) is 20.2 Å². The van der Waals surface area contributed by atoms with Gasteiger partial charge in [0.1, 0.15) is 5.82 Å². The Hall–Kier alpha value is -1.19.